The first kappa shape index (κ1) is 11.6. The molecule has 0 aliphatic carbocycles. The van der Waals surface area contributed by atoms with E-state index in [9.17, 15) is 4.39 Å². The Kier molecular flexibility index (Phi) is 3.59. The Hall–Kier alpha value is -0.890. The van der Waals surface area contributed by atoms with Gasteiger partial charge in [0.25, 0.3) is 0 Å². The molecule has 0 radical (unpaired) electrons. The Bertz CT molecular complexity index is 356. The number of aryl methyl sites for hydroxylation is 1. The van der Waals surface area contributed by atoms with Crippen molar-refractivity contribution < 1.29 is 4.39 Å². The lowest BCUT2D eigenvalue weighted by molar-refractivity contribution is 0.334. The molecule has 1 aliphatic heterocycles. The van der Waals surface area contributed by atoms with Crippen LogP contribution in [0.5, 0.6) is 0 Å². The van der Waals surface area contributed by atoms with Gasteiger partial charge in [-0.3, -0.25) is 0 Å². The third-order valence-corrected chi connectivity index (χ3v) is 3.75. The largest absolute Gasteiger partial charge is 0.316 e. The van der Waals surface area contributed by atoms with Crippen LogP contribution in [0.3, 0.4) is 0 Å². The number of hydrogen-bond donors (Lipinski definition) is 1. The van der Waals surface area contributed by atoms with Crippen LogP contribution in [0.15, 0.2) is 18.2 Å². The highest BCUT2D eigenvalue weighted by atomic mass is 19.1. The monoisotopic (exact) mass is 221 g/mol. The zero-order valence-corrected chi connectivity index (χ0v) is 10.1. The molecular formula is C14H20FN. The minimum Gasteiger partial charge on any atom is -0.316 e. The first-order chi connectivity index (χ1) is 7.68. The molecule has 88 valence electrons. The second kappa shape index (κ2) is 4.96. The van der Waals surface area contributed by atoms with E-state index in [0.717, 1.165) is 18.7 Å². The van der Waals surface area contributed by atoms with Crippen molar-refractivity contribution in [3.8, 4) is 0 Å². The van der Waals surface area contributed by atoms with E-state index in [0.29, 0.717) is 11.8 Å². The highest BCUT2D eigenvalue weighted by molar-refractivity contribution is 5.27. The van der Waals surface area contributed by atoms with Gasteiger partial charge in [0.1, 0.15) is 5.82 Å². The van der Waals surface area contributed by atoms with Crippen LogP contribution in [0.25, 0.3) is 0 Å². The molecule has 2 atom stereocenters. The van der Waals surface area contributed by atoms with Crippen LogP contribution in [0.1, 0.15) is 36.8 Å². The number of hydrogen-bond acceptors (Lipinski definition) is 1. The summed E-state index contributed by atoms with van der Waals surface area (Å²) in [5.74, 6) is 1.11. The quantitative estimate of drug-likeness (QED) is 0.808. The van der Waals surface area contributed by atoms with Gasteiger partial charge < -0.3 is 5.32 Å². The second-order valence-corrected chi connectivity index (χ2v) is 4.90. The zero-order valence-electron chi connectivity index (χ0n) is 10.1. The zero-order chi connectivity index (χ0) is 11.5. The fourth-order valence-corrected chi connectivity index (χ4v) is 2.53. The van der Waals surface area contributed by atoms with Gasteiger partial charge in [0.2, 0.25) is 0 Å². The molecule has 16 heavy (non-hydrogen) atoms. The first-order valence-corrected chi connectivity index (χ1v) is 6.15. The molecule has 1 heterocycles. The average molecular weight is 221 g/mol. The van der Waals surface area contributed by atoms with E-state index >= 15 is 0 Å². The van der Waals surface area contributed by atoms with E-state index in [1.807, 2.05) is 19.1 Å². The Morgan fingerprint density at radius 2 is 2.25 bits per heavy atom. The summed E-state index contributed by atoms with van der Waals surface area (Å²) in [6.07, 6.45) is 2.54. The summed E-state index contributed by atoms with van der Waals surface area (Å²) in [7, 11) is 0. The molecule has 2 unspecified atom stereocenters. The van der Waals surface area contributed by atoms with Crippen molar-refractivity contribution in [3.63, 3.8) is 0 Å². The molecule has 1 nitrogen and oxygen atoms in total. The van der Waals surface area contributed by atoms with Crippen LogP contribution in [-0.4, -0.2) is 13.1 Å². The average Bonchev–Trinajstić information content (AvgIpc) is 2.33. The lowest BCUT2D eigenvalue weighted by Gasteiger charge is -2.28. The van der Waals surface area contributed by atoms with Gasteiger partial charge in [-0.15, -0.1) is 0 Å². The third kappa shape index (κ3) is 2.43. The molecule has 0 saturated carbocycles. The van der Waals surface area contributed by atoms with E-state index in [-0.39, 0.29) is 5.82 Å². The maximum Gasteiger partial charge on any atom is 0.126 e. The molecule has 1 aromatic rings. The van der Waals surface area contributed by atoms with Crippen molar-refractivity contribution in [2.75, 3.05) is 13.1 Å². The van der Waals surface area contributed by atoms with E-state index in [2.05, 4.69) is 12.2 Å². The van der Waals surface area contributed by atoms with Gasteiger partial charge in [-0.2, -0.15) is 0 Å². The number of rotatable bonds is 2. The predicted molar refractivity (Wildman–Crippen MR) is 65.1 cm³/mol. The van der Waals surface area contributed by atoms with E-state index in [1.54, 1.807) is 6.07 Å². The molecule has 1 N–H and O–H groups in total. The van der Waals surface area contributed by atoms with Gasteiger partial charge in [0.05, 0.1) is 0 Å². The van der Waals surface area contributed by atoms with Crippen LogP contribution < -0.4 is 5.32 Å². The summed E-state index contributed by atoms with van der Waals surface area (Å²) in [5.41, 5.74) is 2.03. The van der Waals surface area contributed by atoms with Crippen molar-refractivity contribution in [2.24, 2.45) is 5.92 Å². The van der Waals surface area contributed by atoms with Crippen LogP contribution in [0.2, 0.25) is 0 Å². The summed E-state index contributed by atoms with van der Waals surface area (Å²) < 4.78 is 13.2. The molecule has 1 aliphatic rings. The van der Waals surface area contributed by atoms with Crippen LogP contribution in [0, 0.1) is 18.7 Å². The summed E-state index contributed by atoms with van der Waals surface area (Å²) in [6, 6.07) is 5.52. The van der Waals surface area contributed by atoms with Crippen LogP contribution in [-0.2, 0) is 0 Å². The molecule has 2 rings (SSSR count). The van der Waals surface area contributed by atoms with Crippen molar-refractivity contribution in [3.05, 3.63) is 35.1 Å². The molecule has 1 aromatic carbocycles. The summed E-state index contributed by atoms with van der Waals surface area (Å²) in [6.45, 7) is 6.33. The number of piperidine rings is 1. The topological polar surface area (TPSA) is 12.0 Å². The predicted octanol–water partition coefficient (Wildman–Crippen LogP) is 3.24. The highest BCUT2D eigenvalue weighted by Gasteiger charge is 2.21. The van der Waals surface area contributed by atoms with Gasteiger partial charge in [-0.1, -0.05) is 19.1 Å². The van der Waals surface area contributed by atoms with Crippen molar-refractivity contribution in [1.82, 2.24) is 5.32 Å². The molecule has 1 saturated heterocycles. The Balaban J connectivity index is 2.12. The van der Waals surface area contributed by atoms with Gasteiger partial charge in [-0.05, 0) is 61.9 Å². The first-order valence-electron chi connectivity index (χ1n) is 6.15. The number of nitrogens with one attached hydrogen (secondary N) is 1. The summed E-state index contributed by atoms with van der Waals surface area (Å²) in [4.78, 5) is 0. The van der Waals surface area contributed by atoms with Crippen LogP contribution in [0.4, 0.5) is 4.39 Å². The Morgan fingerprint density at radius 3 is 2.88 bits per heavy atom. The van der Waals surface area contributed by atoms with Gasteiger partial charge in [-0.25, -0.2) is 4.39 Å². The van der Waals surface area contributed by atoms with Gasteiger partial charge in [0, 0.05) is 0 Å². The summed E-state index contributed by atoms with van der Waals surface area (Å²) in [5, 5.41) is 3.44. The fourth-order valence-electron chi connectivity index (χ4n) is 2.53. The standard InChI is InChI=1S/C14H20FN/c1-10-8-12(5-6-14(10)15)11(2)13-4-3-7-16-9-13/h5-6,8,11,13,16H,3-4,7,9H2,1-2H3. The minimum atomic E-state index is -0.0993. The van der Waals surface area contributed by atoms with Crippen LogP contribution >= 0.6 is 0 Å². The molecule has 0 bridgehead atoms. The third-order valence-electron chi connectivity index (χ3n) is 3.75. The van der Waals surface area contributed by atoms with Crippen molar-refractivity contribution >= 4 is 0 Å². The Labute approximate surface area is 97.1 Å². The van der Waals surface area contributed by atoms with Gasteiger partial charge in [0.15, 0.2) is 0 Å². The fraction of sp³-hybridized carbons (Fsp3) is 0.571. The molecule has 0 aromatic heterocycles. The number of benzene rings is 1. The molecule has 0 spiro atoms. The SMILES string of the molecule is Cc1cc(C(C)C2CCCNC2)ccc1F. The molecule has 1 fully saturated rings. The maximum absolute atomic E-state index is 13.2. The molecular weight excluding hydrogens is 201 g/mol. The van der Waals surface area contributed by atoms with Gasteiger partial charge >= 0.3 is 0 Å². The lowest BCUT2D eigenvalue weighted by atomic mass is 9.82. The maximum atomic E-state index is 13.2. The minimum absolute atomic E-state index is 0.0993. The van der Waals surface area contributed by atoms with Crippen molar-refractivity contribution in [1.29, 1.82) is 0 Å². The smallest absolute Gasteiger partial charge is 0.126 e. The summed E-state index contributed by atoms with van der Waals surface area (Å²) >= 11 is 0. The van der Waals surface area contributed by atoms with Crippen molar-refractivity contribution in [2.45, 2.75) is 32.6 Å². The normalized spacial score (nSPS) is 23.1. The van der Waals surface area contributed by atoms with E-state index in [4.69, 9.17) is 0 Å². The molecule has 0 amide bonds. The lowest BCUT2D eigenvalue weighted by Crippen LogP contribution is -2.32. The number of halogens is 1. The van der Waals surface area contributed by atoms with E-state index in [1.165, 1.54) is 18.4 Å². The second-order valence-electron chi connectivity index (χ2n) is 4.90. The molecule has 2 heteroatoms. The highest BCUT2D eigenvalue weighted by Crippen LogP contribution is 2.29. The van der Waals surface area contributed by atoms with E-state index < -0.39 is 0 Å². The Morgan fingerprint density at radius 1 is 1.44 bits per heavy atom.